The Kier molecular flexibility index (Phi) is 7.96. The van der Waals surface area contributed by atoms with Crippen molar-refractivity contribution >= 4 is 11.7 Å². The van der Waals surface area contributed by atoms with Crippen LogP contribution in [-0.2, 0) is 4.74 Å². The molecule has 32 heavy (non-hydrogen) atoms. The largest absolute Gasteiger partial charge is 0.497 e. The maximum atomic E-state index is 12.9. The summed E-state index contributed by atoms with van der Waals surface area (Å²) in [5, 5.41) is 3.13. The molecular formula is C25H34N4O3. The molecule has 2 aliphatic heterocycles. The Morgan fingerprint density at radius 3 is 2.38 bits per heavy atom. The third-order valence-corrected chi connectivity index (χ3v) is 6.38. The first kappa shape index (κ1) is 22.6. The van der Waals surface area contributed by atoms with E-state index in [4.69, 9.17) is 9.47 Å². The van der Waals surface area contributed by atoms with E-state index in [1.54, 1.807) is 13.3 Å². The Hall–Kier alpha value is -2.64. The lowest BCUT2D eigenvalue weighted by molar-refractivity contribution is 0.0162. The zero-order chi connectivity index (χ0) is 22.2. The molecule has 1 atom stereocenters. The van der Waals surface area contributed by atoms with Gasteiger partial charge in [0.05, 0.1) is 31.9 Å². The zero-order valence-electron chi connectivity index (χ0n) is 19.0. The standard InChI is InChI=1S/C25H34N4O3/c1-31-22-9-6-20(7-10-22)23(28-14-16-32-17-15-28)19-27-25(30)21-8-11-24(26-18-21)29-12-4-2-3-5-13-29/h6-11,18,23H,2-5,12-17,19H2,1H3,(H,27,30)/t23-/m1/s1. The van der Waals surface area contributed by atoms with E-state index in [-0.39, 0.29) is 11.9 Å². The van der Waals surface area contributed by atoms with Crippen LogP contribution in [0.3, 0.4) is 0 Å². The van der Waals surface area contributed by atoms with Crippen LogP contribution >= 0.6 is 0 Å². The number of nitrogens with zero attached hydrogens (tertiary/aromatic N) is 3. The Balaban J connectivity index is 1.40. The Bertz CT molecular complexity index is 842. The molecule has 3 heterocycles. The number of morpholine rings is 1. The van der Waals surface area contributed by atoms with E-state index in [1.807, 2.05) is 24.3 Å². The van der Waals surface area contributed by atoms with Crippen molar-refractivity contribution in [2.75, 3.05) is 57.9 Å². The predicted molar refractivity (Wildman–Crippen MR) is 125 cm³/mol. The average molecular weight is 439 g/mol. The Morgan fingerprint density at radius 2 is 1.75 bits per heavy atom. The highest BCUT2D eigenvalue weighted by Crippen LogP contribution is 2.24. The van der Waals surface area contributed by atoms with Gasteiger partial charge in [0.2, 0.25) is 0 Å². The summed E-state index contributed by atoms with van der Waals surface area (Å²) in [7, 11) is 1.67. The molecule has 2 aromatic rings. The fourth-order valence-corrected chi connectivity index (χ4v) is 4.47. The van der Waals surface area contributed by atoms with Crippen LogP contribution in [0.15, 0.2) is 42.6 Å². The van der Waals surface area contributed by atoms with E-state index in [0.29, 0.717) is 25.3 Å². The highest BCUT2D eigenvalue weighted by molar-refractivity contribution is 5.94. The summed E-state index contributed by atoms with van der Waals surface area (Å²) in [6, 6.07) is 12.0. The van der Waals surface area contributed by atoms with Crippen molar-refractivity contribution in [3.8, 4) is 5.75 Å². The third kappa shape index (κ3) is 5.78. The SMILES string of the molecule is COc1ccc([C@@H](CNC(=O)c2ccc(N3CCCCCC3)nc2)N2CCOCC2)cc1. The van der Waals surface area contributed by atoms with Gasteiger partial charge in [-0.1, -0.05) is 25.0 Å². The maximum Gasteiger partial charge on any atom is 0.252 e. The highest BCUT2D eigenvalue weighted by atomic mass is 16.5. The summed E-state index contributed by atoms with van der Waals surface area (Å²) in [5.41, 5.74) is 1.75. The molecule has 1 N–H and O–H groups in total. The number of rotatable bonds is 7. The summed E-state index contributed by atoms with van der Waals surface area (Å²) in [5.74, 6) is 1.70. The summed E-state index contributed by atoms with van der Waals surface area (Å²) in [6.07, 6.45) is 6.69. The van der Waals surface area contributed by atoms with E-state index >= 15 is 0 Å². The third-order valence-electron chi connectivity index (χ3n) is 6.38. The van der Waals surface area contributed by atoms with E-state index in [2.05, 4.69) is 32.2 Å². The van der Waals surface area contributed by atoms with Crippen molar-refractivity contribution in [3.63, 3.8) is 0 Å². The molecular weight excluding hydrogens is 404 g/mol. The molecule has 4 rings (SSSR count). The molecule has 7 nitrogen and oxygen atoms in total. The number of anilines is 1. The van der Waals surface area contributed by atoms with E-state index in [0.717, 1.165) is 43.3 Å². The minimum absolute atomic E-state index is 0.0816. The molecule has 1 aromatic carbocycles. The predicted octanol–water partition coefficient (Wildman–Crippen LogP) is 3.27. The van der Waals surface area contributed by atoms with Crippen LogP contribution < -0.4 is 15.0 Å². The fourth-order valence-electron chi connectivity index (χ4n) is 4.47. The number of carbonyl (C=O) groups excluding carboxylic acids is 1. The molecule has 0 bridgehead atoms. The number of methoxy groups -OCH3 is 1. The monoisotopic (exact) mass is 438 g/mol. The van der Waals surface area contributed by atoms with Crippen molar-refractivity contribution in [3.05, 3.63) is 53.7 Å². The van der Waals surface area contributed by atoms with Crippen molar-refractivity contribution in [1.82, 2.24) is 15.2 Å². The number of hydrogen-bond acceptors (Lipinski definition) is 6. The lowest BCUT2D eigenvalue weighted by Crippen LogP contribution is -2.43. The van der Waals surface area contributed by atoms with Gasteiger partial charge in [-0.05, 0) is 42.7 Å². The van der Waals surface area contributed by atoms with E-state index < -0.39 is 0 Å². The first-order valence-corrected chi connectivity index (χ1v) is 11.7. The molecule has 1 aromatic heterocycles. The summed E-state index contributed by atoms with van der Waals surface area (Å²) >= 11 is 0. The summed E-state index contributed by atoms with van der Waals surface area (Å²) in [4.78, 5) is 22.2. The van der Waals surface area contributed by atoms with Gasteiger partial charge in [0.1, 0.15) is 11.6 Å². The Morgan fingerprint density at radius 1 is 1.03 bits per heavy atom. The molecule has 2 saturated heterocycles. The minimum atomic E-state index is -0.0910. The topological polar surface area (TPSA) is 66.9 Å². The maximum absolute atomic E-state index is 12.9. The average Bonchev–Trinajstić information content (AvgIpc) is 3.15. The number of nitrogens with one attached hydrogen (secondary N) is 1. The van der Waals surface area contributed by atoms with Crippen LogP contribution in [0.4, 0.5) is 5.82 Å². The second-order valence-corrected chi connectivity index (χ2v) is 8.45. The van der Waals surface area contributed by atoms with Gasteiger partial charge < -0.3 is 19.7 Å². The zero-order valence-corrected chi connectivity index (χ0v) is 19.0. The highest BCUT2D eigenvalue weighted by Gasteiger charge is 2.23. The number of carbonyl (C=O) groups is 1. The van der Waals surface area contributed by atoms with Crippen molar-refractivity contribution in [2.24, 2.45) is 0 Å². The number of amides is 1. The van der Waals surface area contributed by atoms with Crippen molar-refractivity contribution in [2.45, 2.75) is 31.7 Å². The van der Waals surface area contributed by atoms with Crippen LogP contribution in [0.25, 0.3) is 0 Å². The molecule has 1 amide bonds. The van der Waals surface area contributed by atoms with Crippen LogP contribution in [0, 0.1) is 0 Å². The molecule has 0 radical (unpaired) electrons. The van der Waals surface area contributed by atoms with Crippen LogP contribution in [0.1, 0.15) is 47.6 Å². The van der Waals surface area contributed by atoms with Crippen molar-refractivity contribution < 1.29 is 14.3 Å². The molecule has 0 aliphatic carbocycles. The van der Waals surface area contributed by atoms with Gasteiger partial charge in [0, 0.05) is 38.9 Å². The number of benzene rings is 1. The quantitative estimate of drug-likeness (QED) is 0.716. The second kappa shape index (κ2) is 11.3. The number of ether oxygens (including phenoxy) is 2. The van der Waals surface area contributed by atoms with E-state index in [1.165, 1.54) is 25.7 Å². The number of aromatic nitrogens is 1. The molecule has 2 fully saturated rings. The van der Waals surface area contributed by atoms with Gasteiger partial charge in [0.25, 0.3) is 5.91 Å². The molecule has 0 unspecified atom stereocenters. The summed E-state index contributed by atoms with van der Waals surface area (Å²) < 4.78 is 10.8. The fraction of sp³-hybridized carbons (Fsp3) is 0.520. The Labute approximate surface area is 190 Å². The molecule has 0 saturated carbocycles. The lowest BCUT2D eigenvalue weighted by atomic mass is 10.0. The molecule has 7 heteroatoms. The summed E-state index contributed by atoms with van der Waals surface area (Å²) in [6.45, 7) is 5.73. The van der Waals surface area contributed by atoms with Gasteiger partial charge in [0.15, 0.2) is 0 Å². The van der Waals surface area contributed by atoms with Crippen molar-refractivity contribution in [1.29, 1.82) is 0 Å². The lowest BCUT2D eigenvalue weighted by Gasteiger charge is -2.35. The molecule has 0 spiro atoms. The number of hydrogen-bond donors (Lipinski definition) is 1. The van der Waals surface area contributed by atoms with Crippen LogP contribution in [-0.4, -0.2) is 68.8 Å². The molecule has 172 valence electrons. The number of pyridine rings is 1. The van der Waals surface area contributed by atoms with E-state index in [9.17, 15) is 4.79 Å². The normalized spacial score (nSPS) is 18.6. The van der Waals surface area contributed by atoms with Gasteiger partial charge in [-0.15, -0.1) is 0 Å². The van der Waals surface area contributed by atoms with Gasteiger partial charge in [-0.2, -0.15) is 0 Å². The smallest absolute Gasteiger partial charge is 0.252 e. The molecule has 2 aliphatic rings. The minimum Gasteiger partial charge on any atom is -0.497 e. The van der Waals surface area contributed by atoms with Crippen LogP contribution in [0.2, 0.25) is 0 Å². The van der Waals surface area contributed by atoms with Crippen LogP contribution in [0.5, 0.6) is 5.75 Å². The second-order valence-electron chi connectivity index (χ2n) is 8.45. The van der Waals surface area contributed by atoms with Gasteiger partial charge in [-0.25, -0.2) is 4.98 Å². The van der Waals surface area contributed by atoms with Gasteiger partial charge >= 0.3 is 0 Å². The van der Waals surface area contributed by atoms with Gasteiger partial charge in [-0.3, -0.25) is 9.69 Å². The first-order chi connectivity index (χ1) is 15.7. The first-order valence-electron chi connectivity index (χ1n) is 11.7.